The zero-order chi connectivity index (χ0) is 17.9. The number of β-amino-alcohol motifs (C(OH)–C–C–N with tert-alkyl or cyclic N) is 1. The Hall–Kier alpha value is -2.81. The summed E-state index contributed by atoms with van der Waals surface area (Å²) in [7, 11) is 3.82. The molecule has 1 atom stereocenters. The molecule has 132 valence electrons. The summed E-state index contributed by atoms with van der Waals surface area (Å²) in [6.45, 7) is 1.20. The van der Waals surface area contributed by atoms with Crippen LogP contribution in [0.15, 0.2) is 31.0 Å². The second-order valence-electron chi connectivity index (χ2n) is 6.30. The molecule has 2 aromatic heterocycles. The number of carbonyl (C=O) groups is 1. The standard InChI is InChI=1S/C16H21N7O2/c1-22(2)13-7-14(21-11-20-13)23-6-4-16(25,9-23)8-18-15(24)12-3-5-17-10-19-12/h3,5,7,10-11,25H,4,6,8-9H2,1-2H3,(H,18,24)/t16-/m0/s1. The predicted octanol–water partition coefficient (Wildman–Crippen LogP) is -0.296. The van der Waals surface area contributed by atoms with Gasteiger partial charge >= 0.3 is 0 Å². The molecule has 2 aromatic rings. The number of rotatable bonds is 5. The molecule has 3 heterocycles. The van der Waals surface area contributed by atoms with E-state index < -0.39 is 5.60 Å². The van der Waals surface area contributed by atoms with Crippen molar-refractivity contribution in [2.24, 2.45) is 0 Å². The van der Waals surface area contributed by atoms with Crippen LogP contribution in [0, 0.1) is 0 Å². The van der Waals surface area contributed by atoms with Crippen LogP contribution in [-0.4, -0.2) is 70.3 Å². The number of aliphatic hydroxyl groups is 1. The first-order valence-corrected chi connectivity index (χ1v) is 7.98. The number of anilines is 2. The van der Waals surface area contributed by atoms with Crippen molar-refractivity contribution in [1.82, 2.24) is 25.3 Å². The van der Waals surface area contributed by atoms with E-state index in [1.807, 2.05) is 30.0 Å². The zero-order valence-corrected chi connectivity index (χ0v) is 14.3. The van der Waals surface area contributed by atoms with Crippen molar-refractivity contribution < 1.29 is 9.90 Å². The van der Waals surface area contributed by atoms with Gasteiger partial charge in [-0.2, -0.15) is 0 Å². The average Bonchev–Trinajstić information content (AvgIpc) is 3.03. The van der Waals surface area contributed by atoms with Crippen LogP contribution in [-0.2, 0) is 0 Å². The Morgan fingerprint density at radius 1 is 1.36 bits per heavy atom. The Morgan fingerprint density at radius 2 is 2.20 bits per heavy atom. The van der Waals surface area contributed by atoms with E-state index in [4.69, 9.17) is 0 Å². The molecule has 3 rings (SSSR count). The minimum atomic E-state index is -1.01. The monoisotopic (exact) mass is 343 g/mol. The van der Waals surface area contributed by atoms with Crippen LogP contribution in [0.1, 0.15) is 16.9 Å². The summed E-state index contributed by atoms with van der Waals surface area (Å²) < 4.78 is 0. The van der Waals surface area contributed by atoms with Gasteiger partial charge in [-0.05, 0) is 12.5 Å². The Bertz CT molecular complexity index is 740. The molecule has 0 spiro atoms. The molecule has 0 aromatic carbocycles. The van der Waals surface area contributed by atoms with Crippen molar-refractivity contribution >= 4 is 17.5 Å². The van der Waals surface area contributed by atoms with E-state index in [0.717, 1.165) is 11.6 Å². The highest BCUT2D eigenvalue weighted by atomic mass is 16.3. The van der Waals surface area contributed by atoms with Crippen molar-refractivity contribution in [3.8, 4) is 0 Å². The van der Waals surface area contributed by atoms with Gasteiger partial charge in [0.15, 0.2) is 0 Å². The third-order valence-electron chi connectivity index (χ3n) is 4.15. The van der Waals surface area contributed by atoms with Gasteiger partial charge in [0.25, 0.3) is 5.91 Å². The Labute approximate surface area is 145 Å². The van der Waals surface area contributed by atoms with Crippen LogP contribution >= 0.6 is 0 Å². The van der Waals surface area contributed by atoms with Gasteiger partial charge in [0.05, 0.1) is 0 Å². The molecule has 0 saturated carbocycles. The van der Waals surface area contributed by atoms with Gasteiger partial charge in [0.1, 0.15) is 35.6 Å². The van der Waals surface area contributed by atoms with Crippen molar-refractivity contribution in [1.29, 1.82) is 0 Å². The number of aromatic nitrogens is 4. The Kier molecular flexibility index (Phi) is 4.75. The van der Waals surface area contributed by atoms with E-state index in [9.17, 15) is 9.90 Å². The Balaban J connectivity index is 1.61. The topological polar surface area (TPSA) is 107 Å². The second-order valence-corrected chi connectivity index (χ2v) is 6.30. The molecule has 2 N–H and O–H groups in total. The summed E-state index contributed by atoms with van der Waals surface area (Å²) in [6.07, 6.45) is 4.88. The van der Waals surface area contributed by atoms with Gasteiger partial charge in [-0.15, -0.1) is 0 Å². The highest BCUT2D eigenvalue weighted by molar-refractivity contribution is 5.92. The molecule has 1 aliphatic rings. The molecule has 0 radical (unpaired) electrons. The van der Waals surface area contributed by atoms with E-state index in [-0.39, 0.29) is 18.1 Å². The van der Waals surface area contributed by atoms with Crippen LogP contribution in [0.3, 0.4) is 0 Å². The van der Waals surface area contributed by atoms with Crippen molar-refractivity contribution in [3.05, 3.63) is 36.7 Å². The van der Waals surface area contributed by atoms with E-state index >= 15 is 0 Å². The first-order valence-electron chi connectivity index (χ1n) is 7.98. The first kappa shape index (κ1) is 17.0. The molecule has 0 bridgehead atoms. The van der Waals surface area contributed by atoms with E-state index in [1.54, 1.807) is 0 Å². The molecule has 9 heteroatoms. The van der Waals surface area contributed by atoms with Crippen LogP contribution in [0.4, 0.5) is 11.6 Å². The van der Waals surface area contributed by atoms with Crippen molar-refractivity contribution in [3.63, 3.8) is 0 Å². The van der Waals surface area contributed by atoms with E-state index in [2.05, 4.69) is 25.3 Å². The van der Waals surface area contributed by atoms with Crippen molar-refractivity contribution in [2.75, 3.05) is 43.5 Å². The summed E-state index contributed by atoms with van der Waals surface area (Å²) >= 11 is 0. The molecular formula is C16H21N7O2. The van der Waals surface area contributed by atoms with Gasteiger partial charge in [-0.3, -0.25) is 4.79 Å². The summed E-state index contributed by atoms with van der Waals surface area (Å²) in [5, 5.41) is 13.5. The fourth-order valence-corrected chi connectivity index (χ4v) is 2.71. The minimum Gasteiger partial charge on any atom is -0.386 e. The highest BCUT2D eigenvalue weighted by Crippen LogP contribution is 2.26. The second kappa shape index (κ2) is 6.98. The molecular weight excluding hydrogens is 322 g/mol. The first-order chi connectivity index (χ1) is 12.0. The number of nitrogens with one attached hydrogen (secondary N) is 1. The van der Waals surface area contributed by atoms with Gasteiger partial charge in [-0.1, -0.05) is 0 Å². The molecule has 0 aliphatic carbocycles. The lowest BCUT2D eigenvalue weighted by molar-refractivity contribution is 0.0574. The number of carbonyl (C=O) groups excluding carboxylic acids is 1. The van der Waals surface area contributed by atoms with E-state index in [0.29, 0.717) is 19.5 Å². The maximum atomic E-state index is 12.1. The minimum absolute atomic E-state index is 0.151. The maximum absolute atomic E-state index is 12.1. The molecule has 1 amide bonds. The predicted molar refractivity (Wildman–Crippen MR) is 92.5 cm³/mol. The molecule has 9 nitrogen and oxygen atoms in total. The highest BCUT2D eigenvalue weighted by Gasteiger charge is 2.37. The summed E-state index contributed by atoms with van der Waals surface area (Å²) in [5.41, 5.74) is -0.730. The van der Waals surface area contributed by atoms with Crippen LogP contribution in [0.25, 0.3) is 0 Å². The van der Waals surface area contributed by atoms with Crippen LogP contribution in [0.5, 0.6) is 0 Å². The third-order valence-corrected chi connectivity index (χ3v) is 4.15. The Morgan fingerprint density at radius 3 is 2.92 bits per heavy atom. The van der Waals surface area contributed by atoms with Gasteiger partial charge in [-0.25, -0.2) is 19.9 Å². The van der Waals surface area contributed by atoms with E-state index in [1.165, 1.54) is 24.9 Å². The average molecular weight is 343 g/mol. The summed E-state index contributed by atoms with van der Waals surface area (Å²) in [5.74, 6) is 1.24. The van der Waals surface area contributed by atoms with Gasteiger partial charge in [0, 0.05) is 46.0 Å². The van der Waals surface area contributed by atoms with Gasteiger partial charge in [0.2, 0.25) is 0 Å². The fraction of sp³-hybridized carbons (Fsp3) is 0.438. The molecule has 25 heavy (non-hydrogen) atoms. The fourth-order valence-electron chi connectivity index (χ4n) is 2.71. The molecule has 1 saturated heterocycles. The normalized spacial score (nSPS) is 19.7. The molecule has 1 aliphatic heterocycles. The lowest BCUT2D eigenvalue weighted by Crippen LogP contribution is -2.45. The van der Waals surface area contributed by atoms with Crippen LogP contribution < -0.4 is 15.1 Å². The molecule has 0 unspecified atom stereocenters. The maximum Gasteiger partial charge on any atom is 0.270 e. The largest absolute Gasteiger partial charge is 0.386 e. The number of hydrogen-bond donors (Lipinski definition) is 2. The van der Waals surface area contributed by atoms with Crippen LogP contribution in [0.2, 0.25) is 0 Å². The SMILES string of the molecule is CN(C)c1cc(N2CC[C@](O)(CNC(=O)c3ccncn3)C2)ncn1. The quantitative estimate of drug-likeness (QED) is 0.762. The summed E-state index contributed by atoms with van der Waals surface area (Å²) in [6, 6.07) is 3.41. The van der Waals surface area contributed by atoms with Gasteiger partial charge < -0.3 is 20.2 Å². The number of nitrogens with zero attached hydrogens (tertiary/aromatic N) is 6. The summed E-state index contributed by atoms with van der Waals surface area (Å²) in [4.78, 5) is 32.1. The lowest BCUT2D eigenvalue weighted by Gasteiger charge is -2.24. The lowest BCUT2D eigenvalue weighted by atomic mass is 10.0. The molecule has 1 fully saturated rings. The zero-order valence-electron chi connectivity index (χ0n) is 14.3. The third kappa shape index (κ3) is 4.00. The van der Waals surface area contributed by atoms with Crippen molar-refractivity contribution in [2.45, 2.75) is 12.0 Å². The number of hydrogen-bond acceptors (Lipinski definition) is 8. The smallest absolute Gasteiger partial charge is 0.270 e. The number of amides is 1.